The van der Waals surface area contributed by atoms with Gasteiger partial charge in [-0.25, -0.2) is 0 Å². The highest BCUT2D eigenvalue weighted by atomic mass is 79.9. The Morgan fingerprint density at radius 2 is 2.23 bits per heavy atom. The van der Waals surface area contributed by atoms with Crippen LogP contribution in [0.15, 0.2) is 22.7 Å². The molecule has 2 nitrogen and oxygen atoms in total. The third kappa shape index (κ3) is 2.23. The van der Waals surface area contributed by atoms with Crippen LogP contribution in [0.5, 0.6) is 0 Å². The van der Waals surface area contributed by atoms with Crippen LogP contribution in [0.25, 0.3) is 0 Å². The third-order valence-electron chi connectivity index (χ3n) is 2.06. The molecule has 0 saturated heterocycles. The van der Waals surface area contributed by atoms with Gasteiger partial charge in [0.05, 0.1) is 19.3 Å². The standard InChI is InChI=1S/C9H10BrNO.ClH/c10-7-1-2-8-6(3-7)4-12-5-9(8)11;/h1-3,9H,4-5,11H2;1H/t9-;/m1./s1. The molecule has 0 bridgehead atoms. The summed E-state index contributed by atoms with van der Waals surface area (Å²) in [6.07, 6.45) is 0. The molecule has 1 aromatic carbocycles. The molecule has 1 atom stereocenters. The highest BCUT2D eigenvalue weighted by Gasteiger charge is 2.16. The molecule has 0 aromatic heterocycles. The predicted molar refractivity (Wildman–Crippen MR) is 58.0 cm³/mol. The number of rotatable bonds is 0. The van der Waals surface area contributed by atoms with E-state index in [1.807, 2.05) is 6.07 Å². The minimum absolute atomic E-state index is 0. The van der Waals surface area contributed by atoms with Crippen molar-refractivity contribution < 1.29 is 4.74 Å². The van der Waals surface area contributed by atoms with Gasteiger partial charge in [-0.2, -0.15) is 0 Å². The number of halogens is 2. The van der Waals surface area contributed by atoms with Gasteiger partial charge in [0, 0.05) is 4.47 Å². The van der Waals surface area contributed by atoms with E-state index in [0.29, 0.717) is 13.2 Å². The van der Waals surface area contributed by atoms with E-state index in [4.69, 9.17) is 10.5 Å². The van der Waals surface area contributed by atoms with Crippen molar-refractivity contribution in [3.05, 3.63) is 33.8 Å². The zero-order valence-corrected chi connectivity index (χ0v) is 9.40. The molecular formula is C9H11BrClNO. The molecule has 1 aliphatic rings. The van der Waals surface area contributed by atoms with Crippen LogP contribution in [0.1, 0.15) is 17.2 Å². The number of fused-ring (bicyclic) bond motifs is 1. The Hall–Kier alpha value is -0.0900. The average molecular weight is 265 g/mol. The van der Waals surface area contributed by atoms with Crippen molar-refractivity contribution in [1.82, 2.24) is 0 Å². The van der Waals surface area contributed by atoms with Crippen molar-refractivity contribution in [2.45, 2.75) is 12.6 Å². The zero-order valence-electron chi connectivity index (χ0n) is 7.00. The first-order chi connectivity index (χ1) is 5.77. The van der Waals surface area contributed by atoms with Crippen LogP contribution in [-0.2, 0) is 11.3 Å². The van der Waals surface area contributed by atoms with Gasteiger partial charge >= 0.3 is 0 Å². The van der Waals surface area contributed by atoms with Crippen molar-refractivity contribution in [2.75, 3.05) is 6.61 Å². The number of hydrogen-bond donors (Lipinski definition) is 1. The molecule has 1 heterocycles. The average Bonchev–Trinajstić information content (AvgIpc) is 2.04. The highest BCUT2D eigenvalue weighted by molar-refractivity contribution is 9.10. The Balaban J connectivity index is 0.000000845. The summed E-state index contributed by atoms with van der Waals surface area (Å²) in [6.45, 7) is 1.32. The van der Waals surface area contributed by atoms with Crippen molar-refractivity contribution in [1.29, 1.82) is 0 Å². The molecule has 0 radical (unpaired) electrons. The van der Waals surface area contributed by atoms with Gasteiger partial charge in [0.2, 0.25) is 0 Å². The van der Waals surface area contributed by atoms with Crippen LogP contribution < -0.4 is 5.73 Å². The van der Waals surface area contributed by atoms with Gasteiger partial charge in [0.25, 0.3) is 0 Å². The van der Waals surface area contributed by atoms with Crippen LogP contribution >= 0.6 is 28.3 Å². The van der Waals surface area contributed by atoms with E-state index in [0.717, 1.165) is 4.47 Å². The molecular weight excluding hydrogens is 253 g/mol. The maximum atomic E-state index is 5.86. The number of benzene rings is 1. The van der Waals surface area contributed by atoms with Crippen LogP contribution in [0, 0.1) is 0 Å². The fraction of sp³-hybridized carbons (Fsp3) is 0.333. The Labute approximate surface area is 92.0 Å². The Kier molecular flexibility index (Phi) is 3.74. The van der Waals surface area contributed by atoms with E-state index in [2.05, 4.69) is 28.1 Å². The van der Waals surface area contributed by atoms with Crippen LogP contribution in [0.4, 0.5) is 0 Å². The van der Waals surface area contributed by atoms with Crippen molar-refractivity contribution in [2.24, 2.45) is 5.73 Å². The molecule has 0 saturated carbocycles. The quantitative estimate of drug-likeness (QED) is 0.781. The lowest BCUT2D eigenvalue weighted by molar-refractivity contribution is 0.0923. The maximum absolute atomic E-state index is 5.86. The van der Waals surface area contributed by atoms with E-state index in [1.54, 1.807) is 0 Å². The Morgan fingerprint density at radius 1 is 1.46 bits per heavy atom. The minimum Gasteiger partial charge on any atom is -0.375 e. The first-order valence-electron chi connectivity index (χ1n) is 3.89. The van der Waals surface area contributed by atoms with Crippen LogP contribution in [0.3, 0.4) is 0 Å². The first kappa shape index (κ1) is 11.0. The lowest BCUT2D eigenvalue weighted by Gasteiger charge is -2.22. The molecule has 1 aliphatic heterocycles. The van der Waals surface area contributed by atoms with E-state index in [1.165, 1.54) is 11.1 Å². The van der Waals surface area contributed by atoms with E-state index < -0.39 is 0 Å². The molecule has 2 N–H and O–H groups in total. The SMILES string of the molecule is Cl.N[C@@H]1COCc2cc(Br)ccc21. The summed E-state index contributed by atoms with van der Waals surface area (Å²) < 4.78 is 6.40. The summed E-state index contributed by atoms with van der Waals surface area (Å²) in [5.74, 6) is 0. The first-order valence-corrected chi connectivity index (χ1v) is 4.68. The normalized spacial score (nSPS) is 20.3. The van der Waals surface area contributed by atoms with Gasteiger partial charge in [-0.3, -0.25) is 0 Å². The smallest absolute Gasteiger partial charge is 0.0721 e. The Bertz CT molecular complexity index is 306. The molecule has 0 amide bonds. The largest absolute Gasteiger partial charge is 0.375 e. The van der Waals surface area contributed by atoms with Gasteiger partial charge in [0.1, 0.15) is 0 Å². The number of nitrogens with two attached hydrogens (primary N) is 1. The molecule has 4 heteroatoms. The zero-order chi connectivity index (χ0) is 8.55. The van der Waals surface area contributed by atoms with Crippen molar-refractivity contribution >= 4 is 28.3 Å². The summed E-state index contributed by atoms with van der Waals surface area (Å²) in [6, 6.07) is 6.19. The maximum Gasteiger partial charge on any atom is 0.0721 e. The van der Waals surface area contributed by atoms with Crippen molar-refractivity contribution in [3.8, 4) is 0 Å². The highest BCUT2D eigenvalue weighted by Crippen LogP contribution is 2.25. The summed E-state index contributed by atoms with van der Waals surface area (Å²) >= 11 is 3.41. The van der Waals surface area contributed by atoms with Gasteiger partial charge < -0.3 is 10.5 Å². The lowest BCUT2D eigenvalue weighted by Crippen LogP contribution is -2.23. The Morgan fingerprint density at radius 3 is 3.00 bits per heavy atom. The second kappa shape index (κ2) is 4.42. The summed E-state index contributed by atoms with van der Waals surface area (Å²) in [4.78, 5) is 0. The number of ether oxygens (including phenoxy) is 1. The topological polar surface area (TPSA) is 35.2 Å². The fourth-order valence-electron chi connectivity index (χ4n) is 1.45. The molecule has 13 heavy (non-hydrogen) atoms. The van der Waals surface area contributed by atoms with Gasteiger partial charge in [-0.05, 0) is 23.3 Å². The fourth-order valence-corrected chi connectivity index (χ4v) is 1.86. The molecule has 0 unspecified atom stereocenters. The molecule has 0 aliphatic carbocycles. The van der Waals surface area contributed by atoms with Crippen molar-refractivity contribution in [3.63, 3.8) is 0 Å². The minimum atomic E-state index is 0. The van der Waals surface area contributed by atoms with Gasteiger partial charge in [-0.1, -0.05) is 22.0 Å². The monoisotopic (exact) mass is 263 g/mol. The predicted octanol–water partition coefficient (Wildman–Crippen LogP) is 2.40. The third-order valence-corrected chi connectivity index (χ3v) is 2.55. The van der Waals surface area contributed by atoms with Crippen LogP contribution in [-0.4, -0.2) is 6.61 Å². The lowest BCUT2D eigenvalue weighted by atomic mass is 10.0. The van der Waals surface area contributed by atoms with Gasteiger partial charge in [0.15, 0.2) is 0 Å². The molecule has 72 valence electrons. The molecule has 0 spiro atoms. The summed E-state index contributed by atoms with van der Waals surface area (Å²) in [5, 5.41) is 0. The molecule has 0 fully saturated rings. The summed E-state index contributed by atoms with van der Waals surface area (Å²) in [5.41, 5.74) is 8.27. The summed E-state index contributed by atoms with van der Waals surface area (Å²) in [7, 11) is 0. The van der Waals surface area contributed by atoms with E-state index in [-0.39, 0.29) is 18.4 Å². The molecule has 2 rings (SSSR count). The van der Waals surface area contributed by atoms with E-state index >= 15 is 0 Å². The van der Waals surface area contributed by atoms with Crippen LogP contribution in [0.2, 0.25) is 0 Å². The van der Waals surface area contributed by atoms with E-state index in [9.17, 15) is 0 Å². The second-order valence-corrected chi connectivity index (χ2v) is 3.88. The van der Waals surface area contributed by atoms with Gasteiger partial charge in [-0.15, -0.1) is 12.4 Å². The molecule has 1 aromatic rings. The second-order valence-electron chi connectivity index (χ2n) is 2.96. The number of hydrogen-bond acceptors (Lipinski definition) is 2.